The lowest BCUT2D eigenvalue weighted by molar-refractivity contribution is -0.138. The topological polar surface area (TPSA) is 160 Å². The Labute approximate surface area is 552 Å². The number of carbonyl (C=O) groups is 3. The molecule has 7 fully saturated rings. The minimum Gasteiger partial charge on any atom is -0.381 e. The van der Waals surface area contributed by atoms with Gasteiger partial charge in [-0.25, -0.2) is 9.98 Å². The van der Waals surface area contributed by atoms with Gasteiger partial charge in [0.15, 0.2) is 32.9 Å². The van der Waals surface area contributed by atoms with E-state index in [2.05, 4.69) is 131 Å². The van der Waals surface area contributed by atoms with Crippen LogP contribution in [0.2, 0.25) is 0 Å². The number of nitrogens with one attached hydrogen (secondary N) is 2. The van der Waals surface area contributed by atoms with Gasteiger partial charge in [-0.15, -0.1) is 0 Å². The van der Waals surface area contributed by atoms with Crippen molar-refractivity contribution in [3.05, 3.63) is 105 Å². The largest absolute Gasteiger partial charge is 0.381 e. The number of thiocarbonyl (C=S) groups is 1. The summed E-state index contributed by atoms with van der Waals surface area (Å²) in [6.45, 7) is 9.40. The maximum absolute atomic E-state index is 14.2. The summed E-state index contributed by atoms with van der Waals surface area (Å²) in [7, 11) is 5.37. The predicted molar refractivity (Wildman–Crippen MR) is 365 cm³/mol. The van der Waals surface area contributed by atoms with Crippen LogP contribution in [0.5, 0.6) is 0 Å². The number of methoxy groups -OCH3 is 3. The van der Waals surface area contributed by atoms with Crippen LogP contribution in [0, 0.1) is 69.5 Å². The third-order valence-corrected chi connectivity index (χ3v) is 23.1. The Kier molecular flexibility index (Phi) is 18.7. The van der Waals surface area contributed by atoms with Gasteiger partial charge in [-0.3, -0.25) is 24.2 Å². The number of halogens is 1. The normalized spacial score (nSPS) is 32.0. The SMILES string of the molecule is CCBr.CCN1C(=O)C2(N=C1N)c1cc(C#CC3CC3)ccc1CC21CCC(OC)CC1.CCSC1=NC2(C(=O)N1CC)c1cc(C#CC3CC3)ccc1CC21CCC(OC)CC1.COC1CCC2(CC1)Cc1ccc(C#CC3CC3)cc1C21NC(=S)NC1=O. The lowest BCUT2D eigenvalue weighted by Crippen LogP contribution is -2.56. The molecule has 16 heteroatoms. The van der Waals surface area contributed by atoms with E-state index in [0.29, 0.717) is 48.0 Å². The molecule has 3 atom stereocenters. The first-order valence-corrected chi connectivity index (χ1v) is 36.0. The second-order valence-electron chi connectivity index (χ2n) is 27.2. The summed E-state index contributed by atoms with van der Waals surface area (Å²) in [6.07, 6.45) is 22.3. The van der Waals surface area contributed by atoms with E-state index in [9.17, 15) is 14.4 Å². The molecule has 0 bridgehead atoms. The predicted octanol–water partition coefficient (Wildman–Crippen LogP) is 11.9. The fraction of sp³-hybridized carbons (Fsp3) is 0.595. The molecule has 1 saturated heterocycles. The van der Waals surface area contributed by atoms with Crippen LogP contribution in [0.15, 0.2) is 64.6 Å². The second kappa shape index (κ2) is 26.1. The highest BCUT2D eigenvalue weighted by atomic mass is 79.9. The molecular weight excluding hydrogens is 1230 g/mol. The number of aliphatic imine (C=N–C) groups is 2. The van der Waals surface area contributed by atoms with Crippen LogP contribution in [0.4, 0.5) is 0 Å². The van der Waals surface area contributed by atoms with E-state index >= 15 is 0 Å². The number of ether oxygens (including phenoxy) is 3. The van der Waals surface area contributed by atoms with Crippen LogP contribution in [0.25, 0.3) is 0 Å². The van der Waals surface area contributed by atoms with Crippen LogP contribution in [0.1, 0.15) is 193 Å². The molecule has 4 N–H and O–H groups in total. The molecule has 3 amide bonds. The average Bonchev–Trinajstić information content (AvgIpc) is 1.55. The maximum atomic E-state index is 14.2. The van der Waals surface area contributed by atoms with Gasteiger partial charge in [-0.2, -0.15) is 0 Å². The minimum atomic E-state index is -0.904. The first kappa shape index (κ1) is 64.6. The highest BCUT2D eigenvalue weighted by Gasteiger charge is 2.69. The van der Waals surface area contributed by atoms with Crippen LogP contribution in [-0.4, -0.2) is 108 Å². The first-order chi connectivity index (χ1) is 43.6. The molecule has 13 nitrogen and oxygen atoms in total. The second-order valence-corrected chi connectivity index (χ2v) is 29.9. The Morgan fingerprint density at radius 3 is 1.32 bits per heavy atom. The summed E-state index contributed by atoms with van der Waals surface area (Å²) in [5, 5.41) is 8.69. The summed E-state index contributed by atoms with van der Waals surface area (Å²) < 4.78 is 16.9. The molecule has 12 aliphatic rings. The number of hydrogen-bond acceptors (Lipinski definition) is 11. The highest BCUT2D eigenvalue weighted by Crippen LogP contribution is 2.65. The number of carbonyl (C=O) groups excluding carboxylic acids is 3. The van der Waals surface area contributed by atoms with Gasteiger partial charge in [0.05, 0.1) is 18.3 Å². The fourth-order valence-corrected chi connectivity index (χ4v) is 17.9. The van der Waals surface area contributed by atoms with Crippen molar-refractivity contribution in [2.75, 3.05) is 45.5 Å². The Balaban J connectivity index is 0.000000128. The molecule has 15 rings (SSSR count). The molecule has 3 unspecified atom stereocenters. The average molecular weight is 1320 g/mol. The van der Waals surface area contributed by atoms with Crippen LogP contribution in [0.3, 0.4) is 0 Å². The van der Waals surface area contributed by atoms with Crippen molar-refractivity contribution in [1.29, 1.82) is 0 Å². The van der Waals surface area contributed by atoms with Gasteiger partial charge in [-0.1, -0.05) is 95.3 Å². The number of amidine groups is 1. The molecule has 3 aliphatic heterocycles. The minimum absolute atomic E-state index is 0.00517. The van der Waals surface area contributed by atoms with Gasteiger partial charge < -0.3 is 30.6 Å². The monoisotopic (exact) mass is 1320 g/mol. The van der Waals surface area contributed by atoms with E-state index in [-0.39, 0.29) is 46.2 Å². The number of alkyl halides is 1. The van der Waals surface area contributed by atoms with E-state index < -0.39 is 16.6 Å². The van der Waals surface area contributed by atoms with Crippen molar-refractivity contribution in [3.8, 4) is 35.5 Å². The van der Waals surface area contributed by atoms with E-state index in [1.165, 1.54) is 55.2 Å². The third-order valence-electron chi connectivity index (χ3n) is 22.0. The number of guanidine groups is 1. The zero-order chi connectivity index (χ0) is 63.2. The Bertz CT molecular complexity index is 3570. The molecule has 0 aromatic heterocycles. The van der Waals surface area contributed by atoms with E-state index in [4.69, 9.17) is 42.1 Å². The van der Waals surface area contributed by atoms with Gasteiger partial charge in [0.1, 0.15) is 0 Å². The van der Waals surface area contributed by atoms with Crippen molar-refractivity contribution in [3.63, 3.8) is 0 Å². The number of rotatable bonds is 6. The summed E-state index contributed by atoms with van der Waals surface area (Å²) in [6, 6.07) is 19.3. The summed E-state index contributed by atoms with van der Waals surface area (Å²) >= 11 is 10.2. The standard InChI is InChI=1S/C26H32N2O2S.C24H29N3O2.C22H24N2O2S.C2H5Br/c1-4-28-23(29)26(27-24(28)31-5-2)22-16-19(9-8-18-6-7-18)10-11-20(22)17-25(26)14-12-21(30-3)13-15-25;1-3-27-21(28)24(26-22(27)25)20-14-17(7-6-16-4-5-16)8-9-18(20)15-23(24)12-10-19(29-2)11-13-23;1-26-17-8-10-21(11-9-17)13-16-7-6-15(5-4-14-2-3-14)12-18(16)22(21)19(25)23-20(27)24-22;1-2-3/h10-11,16,18,21H,4-7,12-15,17H2,1-3H3;8-9,14,16,19H,3-5,10-13,15H2,1-2H3,(H2,25,26);6-7,12,14,17H,2-3,8-11,13H2,1H3,(H2,23,24,25,27);2H2,1H3. The van der Waals surface area contributed by atoms with Gasteiger partial charge in [0, 0.05) is 90.4 Å². The molecule has 3 aromatic rings. The van der Waals surface area contributed by atoms with E-state index in [0.717, 1.165) is 146 Å². The lowest BCUT2D eigenvalue weighted by atomic mass is 9.61. The number of amides is 3. The highest BCUT2D eigenvalue weighted by molar-refractivity contribution is 9.09. The van der Waals surface area contributed by atoms with Crippen molar-refractivity contribution in [2.45, 2.75) is 197 Å². The number of benzene rings is 3. The van der Waals surface area contributed by atoms with Gasteiger partial charge in [0.25, 0.3) is 17.7 Å². The summed E-state index contributed by atoms with van der Waals surface area (Å²) in [5.74, 6) is 23.2. The zero-order valence-electron chi connectivity index (χ0n) is 53.8. The molecule has 0 radical (unpaired) electrons. The quantitative estimate of drug-likeness (QED) is 0.123. The van der Waals surface area contributed by atoms with Crippen LogP contribution in [-0.2, 0) is 64.5 Å². The lowest BCUT2D eigenvalue weighted by Gasteiger charge is -2.46. The summed E-state index contributed by atoms with van der Waals surface area (Å²) in [5.41, 5.74) is 13.2. The Hall–Kier alpha value is -5.51. The van der Waals surface area contributed by atoms with Gasteiger partial charge >= 0.3 is 0 Å². The van der Waals surface area contributed by atoms with Crippen LogP contribution >= 0.6 is 39.9 Å². The van der Waals surface area contributed by atoms with Crippen molar-refractivity contribution in [2.24, 2.45) is 49.7 Å². The first-order valence-electron chi connectivity index (χ1n) is 33.5. The molecule has 6 spiro atoms. The number of nitrogens with two attached hydrogens (primary N) is 1. The van der Waals surface area contributed by atoms with Crippen molar-refractivity contribution >= 4 is 73.9 Å². The molecule has 3 heterocycles. The molecule has 476 valence electrons. The smallest absolute Gasteiger partial charge is 0.262 e. The van der Waals surface area contributed by atoms with Crippen molar-refractivity contribution < 1.29 is 28.6 Å². The number of likely N-dealkylation sites (N-methyl/N-ethyl adjacent to an activating group) is 2. The van der Waals surface area contributed by atoms with Gasteiger partial charge in [-0.05, 0) is 236 Å². The maximum Gasteiger partial charge on any atom is 0.262 e. The Morgan fingerprint density at radius 1 is 0.578 bits per heavy atom. The third kappa shape index (κ3) is 11.4. The van der Waals surface area contributed by atoms with E-state index in [1.807, 2.05) is 18.7 Å². The molecular formula is C74H90BrN7O6S2. The summed E-state index contributed by atoms with van der Waals surface area (Å²) in [4.78, 5) is 55.1. The zero-order valence-corrected chi connectivity index (χ0v) is 57.1. The molecule has 3 aromatic carbocycles. The number of fused-ring (bicyclic) bond motifs is 9. The van der Waals surface area contributed by atoms with Crippen LogP contribution < -0.4 is 16.4 Å². The fourth-order valence-electron chi connectivity index (χ4n) is 16.8. The number of thioether (sulfide) groups is 1. The number of nitrogens with zero attached hydrogens (tertiary/aromatic N) is 4. The molecule has 9 aliphatic carbocycles. The van der Waals surface area contributed by atoms with Gasteiger partial charge in [0.2, 0.25) is 0 Å². The van der Waals surface area contributed by atoms with Crippen molar-refractivity contribution in [1.82, 2.24) is 20.4 Å². The Morgan fingerprint density at radius 2 is 0.956 bits per heavy atom. The molecule has 6 saturated carbocycles. The molecule has 90 heavy (non-hydrogen) atoms. The van der Waals surface area contributed by atoms with E-state index in [1.54, 1.807) is 38.0 Å². The number of hydrogen-bond donors (Lipinski definition) is 3.